The number of aliphatic hydroxyl groups is 1. The molecule has 0 fully saturated rings. The summed E-state index contributed by atoms with van der Waals surface area (Å²) < 4.78 is 38.9. The molecule has 5 rings (SSSR count). The zero-order valence-corrected chi connectivity index (χ0v) is 29.2. The fourth-order valence-corrected chi connectivity index (χ4v) is 4.65. The molecule has 1 unspecified atom stereocenters. The molecule has 0 aliphatic carbocycles. The molecule has 0 spiro atoms. The second-order valence-corrected chi connectivity index (χ2v) is 11.8. The highest BCUT2D eigenvalue weighted by Crippen LogP contribution is 2.36. The van der Waals surface area contributed by atoms with Gasteiger partial charge in [0.15, 0.2) is 22.8 Å². The number of ether oxygens (including phenoxy) is 4. The number of amidine groups is 1. The third-order valence-corrected chi connectivity index (χ3v) is 7.69. The van der Waals surface area contributed by atoms with Crippen molar-refractivity contribution in [1.82, 2.24) is 24.7 Å². The van der Waals surface area contributed by atoms with Crippen molar-refractivity contribution < 1.29 is 47.9 Å². The van der Waals surface area contributed by atoms with Crippen LogP contribution in [0.15, 0.2) is 90.2 Å². The predicted molar refractivity (Wildman–Crippen MR) is 189 cm³/mol. The van der Waals surface area contributed by atoms with E-state index in [1.165, 1.54) is 45.5 Å². The number of amides is 1. The molecule has 2 heterocycles. The third-order valence-electron chi connectivity index (χ3n) is 7.69. The maximum atomic E-state index is 16.3. The number of benzene rings is 3. The number of carbonyl (C=O) groups is 3. The summed E-state index contributed by atoms with van der Waals surface area (Å²) in [7, 11) is 1.38. The van der Waals surface area contributed by atoms with Crippen LogP contribution in [-0.2, 0) is 14.3 Å². The highest BCUT2D eigenvalue weighted by molar-refractivity contribution is 6.08. The average Bonchev–Trinajstić information content (AvgIpc) is 3.61. The fraction of sp³-hybridized carbons (Fsp3) is 0.222. The van der Waals surface area contributed by atoms with E-state index in [0.717, 1.165) is 4.68 Å². The minimum Gasteiger partial charge on any atom is -0.497 e. The molecule has 54 heavy (non-hydrogen) atoms. The van der Waals surface area contributed by atoms with Crippen molar-refractivity contribution in [3.8, 4) is 23.5 Å². The smallest absolute Gasteiger partial charge is 0.325 e. The minimum atomic E-state index is -1.87. The molecule has 0 bridgehead atoms. The van der Waals surface area contributed by atoms with Gasteiger partial charge in [-0.25, -0.2) is 14.4 Å². The van der Waals surface area contributed by atoms with E-state index in [1.807, 2.05) is 0 Å². The number of methoxy groups -OCH3 is 1. The summed E-state index contributed by atoms with van der Waals surface area (Å²) in [6, 6.07) is 17.6. The number of hydrogen-bond acceptors (Lipinski definition) is 13. The lowest BCUT2D eigenvalue weighted by molar-refractivity contribution is -0.170. The summed E-state index contributed by atoms with van der Waals surface area (Å²) >= 11 is 0. The van der Waals surface area contributed by atoms with Gasteiger partial charge in [0.05, 0.1) is 13.7 Å². The molecule has 0 aliphatic rings. The van der Waals surface area contributed by atoms with Crippen LogP contribution in [0.3, 0.4) is 0 Å². The fourth-order valence-electron chi connectivity index (χ4n) is 4.65. The van der Waals surface area contributed by atoms with Gasteiger partial charge in [-0.2, -0.15) is 9.98 Å². The molecule has 2 aromatic heterocycles. The van der Waals surface area contributed by atoms with Crippen LogP contribution in [0.4, 0.5) is 10.1 Å². The number of hydrogen-bond donors (Lipinski definition) is 4. The van der Waals surface area contributed by atoms with E-state index >= 15 is 4.39 Å². The Morgan fingerprint density at radius 3 is 2.35 bits per heavy atom. The van der Waals surface area contributed by atoms with Crippen LogP contribution < -0.4 is 25.3 Å². The number of nitrogens with zero attached hydrogens (tertiary/aromatic N) is 6. The summed E-state index contributed by atoms with van der Waals surface area (Å²) in [5.41, 5.74) is 5.41. The van der Waals surface area contributed by atoms with Crippen molar-refractivity contribution in [2.45, 2.75) is 19.9 Å². The minimum absolute atomic E-state index is 0.0237. The largest absolute Gasteiger partial charge is 0.497 e. The Kier molecular flexibility index (Phi) is 12.1. The van der Waals surface area contributed by atoms with E-state index in [0.29, 0.717) is 16.8 Å². The molecule has 1 atom stereocenters. The summed E-state index contributed by atoms with van der Waals surface area (Å²) in [6.07, 6.45) is 2.85. The Labute approximate surface area is 307 Å². The van der Waals surface area contributed by atoms with E-state index in [4.69, 9.17) is 24.7 Å². The molecule has 3 aromatic carbocycles. The van der Waals surface area contributed by atoms with Gasteiger partial charge in [0.2, 0.25) is 6.79 Å². The van der Waals surface area contributed by atoms with Gasteiger partial charge < -0.3 is 40.2 Å². The maximum absolute atomic E-state index is 16.3. The van der Waals surface area contributed by atoms with E-state index in [9.17, 15) is 24.6 Å². The lowest BCUT2D eigenvalue weighted by atomic mass is 9.94. The van der Waals surface area contributed by atoms with Crippen LogP contribution in [0.5, 0.6) is 17.5 Å². The normalized spacial score (nSPS) is 12.1. The summed E-state index contributed by atoms with van der Waals surface area (Å²) in [5, 5.41) is 26.4. The van der Waals surface area contributed by atoms with Crippen LogP contribution >= 0.6 is 0 Å². The number of esters is 1. The quantitative estimate of drug-likeness (QED) is 0.0373. The van der Waals surface area contributed by atoms with Gasteiger partial charge in [0.1, 0.15) is 24.2 Å². The highest BCUT2D eigenvalue weighted by atomic mass is 19.1. The molecule has 17 nitrogen and oxygen atoms in total. The van der Waals surface area contributed by atoms with Crippen molar-refractivity contribution in [2.24, 2.45) is 16.1 Å². The van der Waals surface area contributed by atoms with E-state index < -0.39 is 41.9 Å². The van der Waals surface area contributed by atoms with Gasteiger partial charge in [-0.05, 0) is 62.4 Å². The van der Waals surface area contributed by atoms with Crippen molar-refractivity contribution in [3.63, 3.8) is 0 Å². The number of halogens is 1. The zero-order chi connectivity index (χ0) is 38.8. The Balaban J connectivity index is 1.54. The molecule has 18 heteroatoms. The van der Waals surface area contributed by atoms with E-state index in [2.05, 4.69) is 30.4 Å². The molecular formula is C36H35FN8O9. The second-order valence-electron chi connectivity index (χ2n) is 11.8. The number of nitrogens with one attached hydrogen (secondary N) is 1. The Morgan fingerprint density at radius 2 is 1.70 bits per heavy atom. The Hall–Kier alpha value is -6.95. The lowest BCUT2D eigenvalue weighted by Crippen LogP contribution is -2.35. The molecule has 0 saturated heterocycles. The van der Waals surface area contributed by atoms with Gasteiger partial charge in [0, 0.05) is 40.8 Å². The van der Waals surface area contributed by atoms with Gasteiger partial charge in [-0.3, -0.25) is 14.4 Å². The number of nitrogens with two attached hydrogens (primary N) is 1. The molecular weight excluding hydrogens is 707 g/mol. The van der Waals surface area contributed by atoms with Gasteiger partial charge in [-0.15, -0.1) is 9.78 Å². The first-order valence-corrected chi connectivity index (χ1v) is 16.1. The van der Waals surface area contributed by atoms with Crippen molar-refractivity contribution in [1.29, 1.82) is 0 Å². The van der Waals surface area contributed by atoms with Crippen molar-refractivity contribution in [2.75, 3.05) is 32.4 Å². The van der Waals surface area contributed by atoms with Crippen LogP contribution in [0.1, 0.15) is 47.2 Å². The lowest BCUT2D eigenvalue weighted by Gasteiger charge is -2.21. The highest BCUT2D eigenvalue weighted by Gasteiger charge is 2.38. The number of carbonyl (C=O) groups excluding carboxylic acids is 2. The number of carboxylic acids is 1. The SMILES string of the molecule is COc1cc(OCCO)c(F)c(C(Nc2ccc(C(N)=NC(=O)c3ccccc3)cc2)c2nc(OCOC(=O)C(C)(C)C(=O)O)n(-c3ncccn3)n2)c1. The number of anilines is 1. The first kappa shape index (κ1) is 38.3. The molecule has 0 aliphatic heterocycles. The van der Waals surface area contributed by atoms with Gasteiger partial charge >= 0.3 is 17.9 Å². The van der Waals surface area contributed by atoms with Crippen LogP contribution in [0.2, 0.25) is 0 Å². The van der Waals surface area contributed by atoms with E-state index in [-0.39, 0.29) is 53.9 Å². The molecule has 5 aromatic rings. The van der Waals surface area contributed by atoms with Gasteiger partial charge in [-0.1, -0.05) is 18.2 Å². The molecule has 1 amide bonds. The van der Waals surface area contributed by atoms with Crippen LogP contribution in [0.25, 0.3) is 5.95 Å². The number of aromatic nitrogens is 5. The average molecular weight is 743 g/mol. The first-order valence-electron chi connectivity index (χ1n) is 16.1. The summed E-state index contributed by atoms with van der Waals surface area (Å²) in [6.45, 7) is 0.966. The monoisotopic (exact) mass is 742 g/mol. The summed E-state index contributed by atoms with van der Waals surface area (Å²) in [5.74, 6) is -4.04. The number of rotatable bonds is 16. The third kappa shape index (κ3) is 8.91. The standard InChI is InChI=1S/C36H35FN8O9/c1-36(2,32(48)49)33(50)53-20-54-35-43-30(44-45(35)34-39-14-7-15-40-34)28(25-18-24(51-3)19-26(27(25)37)52-17-16-46)41-23-12-10-21(11-13-23)29(38)42-31(47)22-8-5-4-6-9-22/h4-15,18-19,28,41,46H,16-17,20H2,1-3H3,(H,48,49)(H2,38,42,47). The molecule has 280 valence electrons. The maximum Gasteiger partial charge on any atom is 0.325 e. The van der Waals surface area contributed by atoms with Gasteiger partial charge in [0.25, 0.3) is 11.9 Å². The number of aliphatic carboxylic acids is 1. The second kappa shape index (κ2) is 17.0. The zero-order valence-electron chi connectivity index (χ0n) is 29.2. The van der Waals surface area contributed by atoms with Crippen LogP contribution in [0, 0.1) is 11.2 Å². The number of aliphatic hydroxyl groups excluding tert-OH is 1. The first-order chi connectivity index (χ1) is 25.9. The molecule has 0 radical (unpaired) electrons. The van der Waals surface area contributed by atoms with Crippen molar-refractivity contribution in [3.05, 3.63) is 114 Å². The summed E-state index contributed by atoms with van der Waals surface area (Å²) in [4.78, 5) is 53.4. The molecule has 0 saturated carbocycles. The van der Waals surface area contributed by atoms with E-state index in [1.54, 1.807) is 60.7 Å². The predicted octanol–water partition coefficient (Wildman–Crippen LogP) is 3.31. The Morgan fingerprint density at radius 1 is 1.00 bits per heavy atom. The van der Waals surface area contributed by atoms with Crippen LogP contribution in [-0.4, -0.2) is 85.7 Å². The topological polar surface area (TPSA) is 235 Å². The number of aliphatic imine (C=N–C) groups is 1. The Bertz CT molecular complexity index is 2130. The van der Waals surface area contributed by atoms with Crippen molar-refractivity contribution >= 4 is 29.4 Å². The number of carboxylic acid groups (broad SMARTS) is 1. The molecule has 5 N–H and O–H groups in total.